The first-order valence-corrected chi connectivity index (χ1v) is 6.58. The first kappa shape index (κ1) is 14.9. The molecule has 1 aromatic heterocycles. The van der Waals surface area contributed by atoms with E-state index in [1.807, 2.05) is 0 Å². The lowest BCUT2D eigenvalue weighted by Gasteiger charge is -2.05. The zero-order valence-corrected chi connectivity index (χ0v) is 11.7. The standard InChI is InChI=1S/C14H17N5O2/c1-10(20)11-2-4-12(5-3-11)16-14(21)9-19-8-13(6-7-15)17-18-19/h2-5,8H,6-7,9,15H2,1H3,(H,16,21). The fourth-order valence-corrected chi connectivity index (χ4v) is 1.81. The molecule has 1 amide bonds. The van der Waals surface area contributed by atoms with Crippen LogP contribution in [0.25, 0.3) is 0 Å². The second-order valence-electron chi connectivity index (χ2n) is 4.63. The molecule has 2 aromatic rings. The number of Topliss-reactive ketones (excluding diaryl/α,β-unsaturated/α-hetero) is 1. The van der Waals surface area contributed by atoms with E-state index in [-0.39, 0.29) is 18.2 Å². The molecule has 110 valence electrons. The van der Waals surface area contributed by atoms with Crippen molar-refractivity contribution in [2.75, 3.05) is 11.9 Å². The number of anilines is 1. The molecule has 0 atom stereocenters. The van der Waals surface area contributed by atoms with Crippen LogP contribution in [-0.4, -0.2) is 33.2 Å². The van der Waals surface area contributed by atoms with Crippen LogP contribution in [0.15, 0.2) is 30.5 Å². The van der Waals surface area contributed by atoms with Gasteiger partial charge in [0.2, 0.25) is 5.91 Å². The summed E-state index contributed by atoms with van der Waals surface area (Å²) in [5, 5.41) is 10.5. The van der Waals surface area contributed by atoms with E-state index in [1.165, 1.54) is 11.6 Å². The molecule has 0 bridgehead atoms. The number of amides is 1. The zero-order chi connectivity index (χ0) is 15.2. The molecular formula is C14H17N5O2. The van der Waals surface area contributed by atoms with Crippen LogP contribution in [0.5, 0.6) is 0 Å². The van der Waals surface area contributed by atoms with E-state index in [9.17, 15) is 9.59 Å². The van der Waals surface area contributed by atoms with Gasteiger partial charge in [-0.1, -0.05) is 5.21 Å². The Hall–Kier alpha value is -2.54. The van der Waals surface area contributed by atoms with Gasteiger partial charge < -0.3 is 11.1 Å². The Balaban J connectivity index is 1.92. The van der Waals surface area contributed by atoms with Crippen molar-refractivity contribution in [1.82, 2.24) is 15.0 Å². The molecule has 0 fully saturated rings. The van der Waals surface area contributed by atoms with Crippen molar-refractivity contribution in [2.24, 2.45) is 5.73 Å². The fourth-order valence-electron chi connectivity index (χ4n) is 1.81. The lowest BCUT2D eigenvalue weighted by molar-refractivity contribution is -0.116. The predicted octanol–water partition coefficient (Wildman–Crippen LogP) is 0.621. The average Bonchev–Trinajstić information content (AvgIpc) is 2.87. The van der Waals surface area contributed by atoms with Crippen molar-refractivity contribution >= 4 is 17.4 Å². The average molecular weight is 287 g/mol. The number of carbonyl (C=O) groups excluding carboxylic acids is 2. The SMILES string of the molecule is CC(=O)c1ccc(NC(=O)Cn2cc(CCN)nn2)cc1. The number of benzene rings is 1. The third kappa shape index (κ3) is 4.22. The minimum atomic E-state index is -0.213. The van der Waals surface area contributed by atoms with Crippen LogP contribution in [0.3, 0.4) is 0 Å². The first-order chi connectivity index (χ1) is 10.1. The Labute approximate surface area is 122 Å². The number of hydrogen-bond acceptors (Lipinski definition) is 5. The summed E-state index contributed by atoms with van der Waals surface area (Å²) < 4.78 is 1.46. The molecule has 0 aliphatic rings. The summed E-state index contributed by atoms with van der Waals surface area (Å²) in [6, 6.07) is 6.73. The van der Waals surface area contributed by atoms with Crippen LogP contribution in [0.2, 0.25) is 0 Å². The summed E-state index contributed by atoms with van der Waals surface area (Å²) in [6.45, 7) is 2.07. The van der Waals surface area contributed by atoms with E-state index in [0.717, 1.165) is 5.69 Å². The van der Waals surface area contributed by atoms with Gasteiger partial charge in [0, 0.05) is 23.9 Å². The van der Waals surface area contributed by atoms with Gasteiger partial charge in [-0.3, -0.25) is 9.59 Å². The quantitative estimate of drug-likeness (QED) is 0.758. The normalized spacial score (nSPS) is 10.4. The lowest BCUT2D eigenvalue weighted by atomic mass is 10.1. The highest BCUT2D eigenvalue weighted by Gasteiger charge is 2.07. The number of nitrogens with one attached hydrogen (secondary N) is 1. The van der Waals surface area contributed by atoms with E-state index in [2.05, 4.69) is 15.6 Å². The second kappa shape index (κ2) is 6.76. The smallest absolute Gasteiger partial charge is 0.246 e. The molecule has 2 rings (SSSR count). The number of nitrogens with two attached hydrogens (primary N) is 1. The fraction of sp³-hybridized carbons (Fsp3) is 0.286. The Kier molecular flexibility index (Phi) is 4.78. The van der Waals surface area contributed by atoms with Crippen molar-refractivity contribution in [1.29, 1.82) is 0 Å². The summed E-state index contributed by atoms with van der Waals surface area (Å²) in [6.07, 6.45) is 2.33. The number of carbonyl (C=O) groups is 2. The third-order valence-electron chi connectivity index (χ3n) is 2.87. The molecule has 0 saturated carbocycles. The largest absolute Gasteiger partial charge is 0.330 e. The molecule has 0 aliphatic heterocycles. The molecule has 0 spiro atoms. The molecule has 7 heteroatoms. The summed E-state index contributed by atoms with van der Waals surface area (Å²) in [4.78, 5) is 23.0. The summed E-state index contributed by atoms with van der Waals surface area (Å²) >= 11 is 0. The molecule has 3 N–H and O–H groups in total. The molecule has 0 radical (unpaired) electrons. The molecule has 1 aromatic carbocycles. The second-order valence-corrected chi connectivity index (χ2v) is 4.63. The topological polar surface area (TPSA) is 103 Å². The highest BCUT2D eigenvalue weighted by Crippen LogP contribution is 2.10. The Morgan fingerprint density at radius 3 is 2.62 bits per heavy atom. The van der Waals surface area contributed by atoms with Gasteiger partial charge in [0.15, 0.2) is 5.78 Å². The first-order valence-electron chi connectivity index (χ1n) is 6.58. The maximum absolute atomic E-state index is 11.9. The van der Waals surface area contributed by atoms with Crippen molar-refractivity contribution < 1.29 is 9.59 Å². The van der Waals surface area contributed by atoms with Crippen LogP contribution in [-0.2, 0) is 17.8 Å². The Bertz CT molecular complexity index is 633. The maximum atomic E-state index is 11.9. The molecule has 0 unspecified atom stereocenters. The van der Waals surface area contributed by atoms with Gasteiger partial charge >= 0.3 is 0 Å². The molecule has 7 nitrogen and oxygen atoms in total. The molecular weight excluding hydrogens is 270 g/mol. The summed E-state index contributed by atoms with van der Waals surface area (Å²) in [5.41, 5.74) is 7.43. The molecule has 21 heavy (non-hydrogen) atoms. The van der Waals surface area contributed by atoms with Crippen molar-refractivity contribution in [3.05, 3.63) is 41.7 Å². The predicted molar refractivity (Wildman–Crippen MR) is 77.9 cm³/mol. The number of aromatic nitrogens is 3. The van der Waals surface area contributed by atoms with Crippen LogP contribution in [0.4, 0.5) is 5.69 Å². The van der Waals surface area contributed by atoms with Gasteiger partial charge in [0.05, 0.1) is 5.69 Å². The minimum absolute atomic E-state index is 0.0112. The zero-order valence-electron chi connectivity index (χ0n) is 11.7. The van der Waals surface area contributed by atoms with Crippen LogP contribution in [0.1, 0.15) is 23.0 Å². The summed E-state index contributed by atoms with van der Waals surface area (Å²) in [7, 11) is 0. The van der Waals surface area contributed by atoms with E-state index in [1.54, 1.807) is 30.5 Å². The van der Waals surface area contributed by atoms with Gasteiger partial charge in [0.25, 0.3) is 0 Å². The van der Waals surface area contributed by atoms with Gasteiger partial charge in [-0.2, -0.15) is 0 Å². The highest BCUT2D eigenvalue weighted by molar-refractivity contribution is 5.95. The van der Waals surface area contributed by atoms with Crippen LogP contribution in [0, 0.1) is 0 Å². The van der Waals surface area contributed by atoms with Crippen molar-refractivity contribution in [3.63, 3.8) is 0 Å². The van der Waals surface area contributed by atoms with Gasteiger partial charge in [-0.25, -0.2) is 4.68 Å². The van der Waals surface area contributed by atoms with E-state index in [4.69, 9.17) is 5.73 Å². The van der Waals surface area contributed by atoms with Crippen molar-refractivity contribution in [3.8, 4) is 0 Å². The van der Waals surface area contributed by atoms with Gasteiger partial charge in [-0.15, -0.1) is 5.10 Å². The number of nitrogens with zero attached hydrogens (tertiary/aromatic N) is 3. The Morgan fingerprint density at radius 1 is 1.29 bits per heavy atom. The highest BCUT2D eigenvalue weighted by atomic mass is 16.2. The third-order valence-corrected chi connectivity index (χ3v) is 2.87. The number of hydrogen-bond donors (Lipinski definition) is 2. The van der Waals surface area contributed by atoms with Crippen molar-refractivity contribution in [2.45, 2.75) is 19.9 Å². The van der Waals surface area contributed by atoms with Crippen LogP contribution >= 0.6 is 0 Å². The maximum Gasteiger partial charge on any atom is 0.246 e. The molecule has 0 aliphatic carbocycles. The van der Waals surface area contributed by atoms with E-state index >= 15 is 0 Å². The van der Waals surface area contributed by atoms with E-state index < -0.39 is 0 Å². The lowest BCUT2D eigenvalue weighted by Crippen LogP contribution is -2.19. The van der Waals surface area contributed by atoms with E-state index in [0.29, 0.717) is 24.2 Å². The monoisotopic (exact) mass is 287 g/mol. The molecule has 1 heterocycles. The molecule has 0 saturated heterocycles. The van der Waals surface area contributed by atoms with Crippen LogP contribution < -0.4 is 11.1 Å². The Morgan fingerprint density at radius 2 is 2.00 bits per heavy atom. The number of ketones is 1. The van der Waals surface area contributed by atoms with Gasteiger partial charge in [-0.05, 0) is 37.7 Å². The van der Waals surface area contributed by atoms with Gasteiger partial charge in [0.1, 0.15) is 6.54 Å². The summed E-state index contributed by atoms with van der Waals surface area (Å²) in [5.74, 6) is -0.224. The minimum Gasteiger partial charge on any atom is -0.330 e. The number of rotatable bonds is 6.